The van der Waals surface area contributed by atoms with Gasteiger partial charge >= 0.3 is 11.8 Å². The lowest BCUT2D eigenvalue weighted by Crippen LogP contribution is -2.34. The molecule has 0 atom stereocenters. The van der Waals surface area contributed by atoms with Gasteiger partial charge in [-0.3, -0.25) is 9.59 Å². The van der Waals surface area contributed by atoms with Crippen LogP contribution in [0.4, 0.5) is 0 Å². The van der Waals surface area contributed by atoms with E-state index >= 15 is 0 Å². The zero-order chi connectivity index (χ0) is 16.9. The van der Waals surface area contributed by atoms with Gasteiger partial charge in [0.2, 0.25) is 5.82 Å². The van der Waals surface area contributed by atoms with Gasteiger partial charge in [0.1, 0.15) is 0 Å². The smallest absolute Gasteiger partial charge is 0.316 e. The lowest BCUT2D eigenvalue weighted by atomic mass is 10.4. The van der Waals surface area contributed by atoms with Crippen molar-refractivity contribution in [2.45, 2.75) is 0 Å². The molecule has 24 heavy (non-hydrogen) atoms. The second-order valence-electron chi connectivity index (χ2n) is 4.52. The third kappa shape index (κ3) is 3.89. The third-order valence-electron chi connectivity index (χ3n) is 2.85. The number of hydrogen-bond donors (Lipinski definition) is 2. The van der Waals surface area contributed by atoms with Crippen molar-refractivity contribution in [3.8, 4) is 11.6 Å². The molecule has 0 aliphatic rings. The van der Waals surface area contributed by atoms with Crippen molar-refractivity contribution >= 4 is 39.1 Å². The van der Waals surface area contributed by atoms with Crippen LogP contribution in [0.25, 0.3) is 11.6 Å². The Bertz CT molecular complexity index is 843. The van der Waals surface area contributed by atoms with Crippen LogP contribution < -0.4 is 10.6 Å². The van der Waals surface area contributed by atoms with E-state index in [4.69, 9.17) is 8.94 Å². The first kappa shape index (κ1) is 16.4. The predicted octanol–water partition coefficient (Wildman–Crippen LogP) is 2.31. The Kier molecular flexibility index (Phi) is 5.06. The molecule has 3 aromatic heterocycles. The Morgan fingerprint density at radius 2 is 1.96 bits per heavy atom. The summed E-state index contributed by atoms with van der Waals surface area (Å²) >= 11 is 4.52. The highest BCUT2D eigenvalue weighted by atomic mass is 79.9. The SMILES string of the molecule is O=C(NCCNC(=O)c1cccs1)c1nc(-c2ccc(Br)o2)no1. The summed E-state index contributed by atoms with van der Waals surface area (Å²) in [5.74, 6) is -0.320. The van der Waals surface area contributed by atoms with Crippen LogP contribution in [0, 0.1) is 0 Å². The number of aromatic nitrogens is 2. The number of carbonyl (C=O) groups is 2. The summed E-state index contributed by atoms with van der Waals surface area (Å²) in [6.45, 7) is 0.522. The Morgan fingerprint density at radius 3 is 2.62 bits per heavy atom. The monoisotopic (exact) mass is 410 g/mol. The number of amides is 2. The molecule has 10 heteroatoms. The van der Waals surface area contributed by atoms with Gasteiger partial charge in [-0.05, 0) is 39.5 Å². The molecule has 0 bridgehead atoms. The molecule has 0 radical (unpaired) electrons. The van der Waals surface area contributed by atoms with Crippen LogP contribution in [0.3, 0.4) is 0 Å². The summed E-state index contributed by atoms with van der Waals surface area (Å²) in [6, 6.07) is 6.86. The van der Waals surface area contributed by atoms with Crippen LogP contribution in [-0.2, 0) is 0 Å². The van der Waals surface area contributed by atoms with Crippen molar-refractivity contribution in [3.05, 3.63) is 45.1 Å². The largest absolute Gasteiger partial charge is 0.446 e. The van der Waals surface area contributed by atoms with Crippen molar-refractivity contribution in [2.75, 3.05) is 13.1 Å². The minimum atomic E-state index is -0.523. The van der Waals surface area contributed by atoms with Gasteiger partial charge in [-0.15, -0.1) is 11.3 Å². The lowest BCUT2D eigenvalue weighted by Gasteiger charge is -2.04. The molecule has 2 N–H and O–H groups in total. The zero-order valence-electron chi connectivity index (χ0n) is 12.1. The van der Waals surface area contributed by atoms with Crippen LogP contribution in [0.2, 0.25) is 0 Å². The number of thiophene rings is 1. The predicted molar refractivity (Wildman–Crippen MR) is 88.7 cm³/mol. The molecule has 0 unspecified atom stereocenters. The molecule has 124 valence electrons. The summed E-state index contributed by atoms with van der Waals surface area (Å²) < 4.78 is 10.7. The van der Waals surface area contributed by atoms with E-state index in [1.807, 2.05) is 5.38 Å². The molecule has 3 heterocycles. The van der Waals surface area contributed by atoms with Gasteiger partial charge in [0.05, 0.1) is 4.88 Å². The van der Waals surface area contributed by atoms with Gasteiger partial charge in [0, 0.05) is 13.1 Å². The molecule has 0 aromatic carbocycles. The lowest BCUT2D eigenvalue weighted by molar-refractivity contribution is 0.0899. The molecule has 0 saturated heterocycles. The van der Waals surface area contributed by atoms with Crippen LogP contribution in [0.1, 0.15) is 20.4 Å². The Hall–Kier alpha value is -2.46. The molecule has 0 spiro atoms. The zero-order valence-corrected chi connectivity index (χ0v) is 14.5. The first-order valence-corrected chi connectivity index (χ1v) is 8.50. The maximum Gasteiger partial charge on any atom is 0.316 e. The highest BCUT2D eigenvalue weighted by molar-refractivity contribution is 9.10. The van der Waals surface area contributed by atoms with Crippen molar-refractivity contribution in [2.24, 2.45) is 0 Å². The van der Waals surface area contributed by atoms with E-state index in [1.54, 1.807) is 24.3 Å². The number of hydrogen-bond acceptors (Lipinski definition) is 7. The quantitative estimate of drug-likeness (QED) is 0.603. The average Bonchev–Trinajstić information content (AvgIpc) is 3.30. The fourth-order valence-electron chi connectivity index (χ4n) is 1.77. The summed E-state index contributed by atoms with van der Waals surface area (Å²) in [4.78, 5) is 28.2. The van der Waals surface area contributed by atoms with Crippen LogP contribution in [-0.4, -0.2) is 35.0 Å². The van der Waals surface area contributed by atoms with E-state index in [9.17, 15) is 9.59 Å². The second-order valence-corrected chi connectivity index (χ2v) is 6.25. The molecule has 3 rings (SSSR count). The van der Waals surface area contributed by atoms with Gasteiger partial charge in [0.25, 0.3) is 5.91 Å². The molecule has 3 aromatic rings. The highest BCUT2D eigenvalue weighted by Crippen LogP contribution is 2.22. The van der Waals surface area contributed by atoms with Gasteiger partial charge in [-0.2, -0.15) is 4.98 Å². The number of nitrogens with one attached hydrogen (secondary N) is 2. The Morgan fingerprint density at radius 1 is 1.17 bits per heavy atom. The molecule has 8 nitrogen and oxygen atoms in total. The fourth-order valence-corrected chi connectivity index (χ4v) is 2.72. The Balaban J connectivity index is 1.47. The topological polar surface area (TPSA) is 110 Å². The van der Waals surface area contributed by atoms with Gasteiger partial charge in [0.15, 0.2) is 10.4 Å². The fraction of sp³-hybridized carbons (Fsp3) is 0.143. The number of furan rings is 1. The molecule has 0 saturated carbocycles. The molecule has 0 aliphatic carbocycles. The van der Waals surface area contributed by atoms with Gasteiger partial charge < -0.3 is 19.6 Å². The molecular weight excluding hydrogens is 400 g/mol. The number of carbonyl (C=O) groups excluding carboxylic acids is 2. The number of halogens is 1. The minimum Gasteiger partial charge on any atom is -0.446 e. The molecular formula is C14H11BrN4O4S. The van der Waals surface area contributed by atoms with E-state index < -0.39 is 5.91 Å². The summed E-state index contributed by atoms with van der Waals surface area (Å²) in [5, 5.41) is 10.8. The van der Waals surface area contributed by atoms with Crippen LogP contribution >= 0.6 is 27.3 Å². The third-order valence-corrected chi connectivity index (χ3v) is 4.15. The molecule has 0 aliphatic heterocycles. The number of rotatable bonds is 6. The maximum atomic E-state index is 11.9. The molecule has 0 fully saturated rings. The van der Waals surface area contributed by atoms with E-state index in [-0.39, 0.29) is 30.7 Å². The van der Waals surface area contributed by atoms with E-state index in [2.05, 4.69) is 36.7 Å². The van der Waals surface area contributed by atoms with Crippen LogP contribution in [0.15, 0.2) is 43.3 Å². The van der Waals surface area contributed by atoms with Crippen molar-refractivity contribution < 1.29 is 18.5 Å². The minimum absolute atomic E-state index is 0.178. The summed E-state index contributed by atoms with van der Waals surface area (Å²) in [7, 11) is 0. The van der Waals surface area contributed by atoms with Crippen molar-refractivity contribution in [1.29, 1.82) is 0 Å². The maximum absolute atomic E-state index is 11.9. The first-order valence-electron chi connectivity index (χ1n) is 6.83. The second kappa shape index (κ2) is 7.41. The first-order chi connectivity index (χ1) is 11.6. The van der Waals surface area contributed by atoms with E-state index in [0.717, 1.165) is 0 Å². The van der Waals surface area contributed by atoms with Gasteiger partial charge in [-0.25, -0.2) is 0 Å². The normalized spacial score (nSPS) is 10.5. The summed E-state index contributed by atoms with van der Waals surface area (Å²) in [6.07, 6.45) is 0. The van der Waals surface area contributed by atoms with Crippen molar-refractivity contribution in [1.82, 2.24) is 20.8 Å². The standard InChI is InChI=1S/C14H11BrN4O4S/c15-10-4-3-8(22-10)11-18-14(23-19-11)13(21)17-6-5-16-12(20)9-2-1-7-24-9/h1-4,7H,5-6H2,(H,16,20)(H,17,21). The molecule has 2 amide bonds. The highest BCUT2D eigenvalue weighted by Gasteiger charge is 2.17. The van der Waals surface area contributed by atoms with Crippen LogP contribution in [0.5, 0.6) is 0 Å². The number of nitrogens with zero attached hydrogens (tertiary/aromatic N) is 2. The van der Waals surface area contributed by atoms with E-state index in [0.29, 0.717) is 15.3 Å². The summed E-state index contributed by atoms with van der Waals surface area (Å²) in [5.41, 5.74) is 0. The van der Waals surface area contributed by atoms with E-state index in [1.165, 1.54) is 11.3 Å². The average molecular weight is 411 g/mol. The van der Waals surface area contributed by atoms with Crippen molar-refractivity contribution in [3.63, 3.8) is 0 Å². The van der Waals surface area contributed by atoms with Gasteiger partial charge in [-0.1, -0.05) is 11.2 Å². The Labute approximate surface area is 148 Å².